The molecule has 2 aromatic heterocycles. The maximum atomic E-state index is 8.72. The molecule has 2 aromatic rings. The van der Waals surface area contributed by atoms with Crippen molar-refractivity contribution in [2.75, 3.05) is 0 Å². The highest BCUT2D eigenvalue weighted by Crippen LogP contribution is 2.23. The molecule has 0 atom stereocenters. The Hall–Kier alpha value is -1.87. The molecule has 0 saturated carbocycles. The Labute approximate surface area is 90.8 Å². The van der Waals surface area contributed by atoms with Crippen molar-refractivity contribution in [1.82, 2.24) is 19.7 Å². The van der Waals surface area contributed by atoms with E-state index in [1.807, 2.05) is 7.05 Å². The second-order valence-electron chi connectivity index (χ2n) is 2.76. The van der Waals surface area contributed by atoms with Crippen molar-refractivity contribution < 1.29 is 0 Å². The number of hydrogen-bond acceptors (Lipinski definition) is 5. The van der Waals surface area contributed by atoms with Crippen molar-refractivity contribution in [3.05, 3.63) is 30.2 Å². The molecular formula is C9H7N5S. The first kappa shape index (κ1) is 9.68. The van der Waals surface area contributed by atoms with Gasteiger partial charge in [-0.15, -0.1) is 0 Å². The number of aryl methyl sites for hydroxylation is 1. The van der Waals surface area contributed by atoms with E-state index in [2.05, 4.69) is 21.1 Å². The van der Waals surface area contributed by atoms with Crippen molar-refractivity contribution >= 4 is 11.8 Å². The molecule has 6 heteroatoms. The normalized spacial score (nSPS) is 9.87. The van der Waals surface area contributed by atoms with Crippen LogP contribution in [0.5, 0.6) is 0 Å². The van der Waals surface area contributed by atoms with E-state index in [1.165, 1.54) is 18.1 Å². The largest absolute Gasteiger partial charge is 0.249 e. The van der Waals surface area contributed by atoms with E-state index in [4.69, 9.17) is 5.26 Å². The van der Waals surface area contributed by atoms with Crippen molar-refractivity contribution in [2.45, 2.75) is 10.2 Å². The summed E-state index contributed by atoms with van der Waals surface area (Å²) in [7, 11) is 1.81. The Morgan fingerprint density at radius 1 is 1.47 bits per heavy atom. The minimum absolute atomic E-state index is 0.592. The molecule has 0 aliphatic heterocycles. The van der Waals surface area contributed by atoms with E-state index in [9.17, 15) is 0 Å². The summed E-state index contributed by atoms with van der Waals surface area (Å²) in [6.45, 7) is 0. The van der Waals surface area contributed by atoms with Gasteiger partial charge in [0.25, 0.3) is 0 Å². The van der Waals surface area contributed by atoms with Crippen LogP contribution in [0.1, 0.15) is 5.56 Å². The van der Waals surface area contributed by atoms with Gasteiger partial charge in [-0.05, 0) is 23.9 Å². The Kier molecular flexibility index (Phi) is 2.65. The van der Waals surface area contributed by atoms with E-state index in [1.54, 1.807) is 23.0 Å². The molecule has 0 bridgehead atoms. The molecule has 2 heterocycles. The lowest BCUT2D eigenvalue weighted by atomic mass is 10.3. The molecule has 0 unspecified atom stereocenters. The van der Waals surface area contributed by atoms with Crippen LogP contribution < -0.4 is 0 Å². The maximum absolute atomic E-state index is 8.72. The molecular weight excluding hydrogens is 210 g/mol. The fourth-order valence-electron chi connectivity index (χ4n) is 1.01. The number of pyridine rings is 1. The number of aromatic nitrogens is 4. The van der Waals surface area contributed by atoms with Gasteiger partial charge in [-0.2, -0.15) is 10.4 Å². The van der Waals surface area contributed by atoms with Gasteiger partial charge < -0.3 is 0 Å². The molecule has 0 fully saturated rings. The monoisotopic (exact) mass is 217 g/mol. The average molecular weight is 217 g/mol. The number of hydrogen-bond donors (Lipinski definition) is 0. The highest BCUT2D eigenvalue weighted by molar-refractivity contribution is 7.99. The van der Waals surface area contributed by atoms with Gasteiger partial charge in [0, 0.05) is 13.2 Å². The van der Waals surface area contributed by atoms with Crippen LogP contribution in [0.4, 0.5) is 0 Å². The summed E-state index contributed by atoms with van der Waals surface area (Å²) in [6.07, 6.45) is 3.09. The standard InChI is InChI=1S/C9H7N5S/c1-14-9(12-6-13-14)15-8-4-7(5-10)2-3-11-8/h2-4,6H,1H3. The fourth-order valence-corrected chi connectivity index (χ4v) is 1.77. The summed E-state index contributed by atoms with van der Waals surface area (Å²) in [5.74, 6) is 0. The average Bonchev–Trinajstić information content (AvgIpc) is 2.65. The van der Waals surface area contributed by atoms with Crippen LogP contribution in [0.15, 0.2) is 34.8 Å². The second kappa shape index (κ2) is 4.11. The van der Waals surface area contributed by atoms with E-state index >= 15 is 0 Å². The van der Waals surface area contributed by atoms with Crippen molar-refractivity contribution in [1.29, 1.82) is 5.26 Å². The minimum Gasteiger partial charge on any atom is -0.249 e. The van der Waals surface area contributed by atoms with Gasteiger partial charge in [-0.25, -0.2) is 14.6 Å². The molecule has 0 spiro atoms. The third kappa shape index (κ3) is 2.14. The summed E-state index contributed by atoms with van der Waals surface area (Å²) in [4.78, 5) is 8.19. The van der Waals surface area contributed by atoms with Crippen LogP contribution in [-0.4, -0.2) is 19.7 Å². The molecule has 5 nitrogen and oxygen atoms in total. The third-order valence-corrected chi connectivity index (χ3v) is 2.71. The first-order valence-electron chi connectivity index (χ1n) is 4.17. The van der Waals surface area contributed by atoms with Gasteiger partial charge in [0.2, 0.25) is 0 Å². The Morgan fingerprint density at radius 2 is 2.33 bits per heavy atom. The maximum Gasteiger partial charge on any atom is 0.192 e. The molecule has 0 aromatic carbocycles. The van der Waals surface area contributed by atoms with E-state index in [0.717, 1.165) is 10.2 Å². The first-order valence-corrected chi connectivity index (χ1v) is 4.99. The SMILES string of the molecule is Cn1ncnc1Sc1cc(C#N)ccn1. The summed E-state index contributed by atoms with van der Waals surface area (Å²) < 4.78 is 1.66. The van der Waals surface area contributed by atoms with Gasteiger partial charge in [0.15, 0.2) is 5.16 Å². The van der Waals surface area contributed by atoms with Crippen molar-refractivity contribution in [3.8, 4) is 6.07 Å². The molecule has 74 valence electrons. The molecule has 0 saturated heterocycles. The lowest BCUT2D eigenvalue weighted by Crippen LogP contribution is -1.93. The number of nitriles is 1. The summed E-state index contributed by atoms with van der Waals surface area (Å²) in [5, 5.41) is 14.2. The van der Waals surface area contributed by atoms with Crippen LogP contribution in [0.3, 0.4) is 0 Å². The van der Waals surface area contributed by atoms with Crippen LogP contribution in [0.2, 0.25) is 0 Å². The zero-order chi connectivity index (χ0) is 10.7. The van der Waals surface area contributed by atoms with Crippen molar-refractivity contribution in [3.63, 3.8) is 0 Å². The van der Waals surface area contributed by atoms with E-state index < -0.39 is 0 Å². The van der Waals surface area contributed by atoms with E-state index in [-0.39, 0.29) is 0 Å². The summed E-state index contributed by atoms with van der Waals surface area (Å²) in [5.41, 5.74) is 0.592. The van der Waals surface area contributed by atoms with E-state index in [0.29, 0.717) is 5.56 Å². The highest BCUT2D eigenvalue weighted by atomic mass is 32.2. The topological polar surface area (TPSA) is 67.4 Å². The molecule has 0 radical (unpaired) electrons. The predicted octanol–water partition coefficient (Wildman–Crippen LogP) is 1.23. The third-order valence-electron chi connectivity index (χ3n) is 1.73. The molecule has 15 heavy (non-hydrogen) atoms. The van der Waals surface area contributed by atoms with Crippen molar-refractivity contribution in [2.24, 2.45) is 7.05 Å². The smallest absolute Gasteiger partial charge is 0.192 e. The molecule has 0 amide bonds. The quantitative estimate of drug-likeness (QED) is 0.756. The summed E-state index contributed by atoms with van der Waals surface area (Å²) >= 11 is 1.38. The second-order valence-corrected chi connectivity index (χ2v) is 3.75. The van der Waals surface area contributed by atoms with Crippen LogP contribution >= 0.6 is 11.8 Å². The zero-order valence-electron chi connectivity index (χ0n) is 7.95. The number of rotatable bonds is 2. The van der Waals surface area contributed by atoms with Gasteiger partial charge >= 0.3 is 0 Å². The highest BCUT2D eigenvalue weighted by Gasteiger charge is 2.04. The first-order chi connectivity index (χ1) is 7.29. The van der Waals surface area contributed by atoms with Crippen LogP contribution in [0.25, 0.3) is 0 Å². The Bertz CT molecular complexity index is 513. The molecule has 0 aliphatic carbocycles. The Balaban J connectivity index is 2.25. The van der Waals surface area contributed by atoms with Gasteiger partial charge in [-0.1, -0.05) is 0 Å². The van der Waals surface area contributed by atoms with Crippen LogP contribution in [0, 0.1) is 11.3 Å². The lowest BCUT2D eigenvalue weighted by Gasteiger charge is -1.99. The van der Waals surface area contributed by atoms with Crippen LogP contribution in [-0.2, 0) is 7.05 Å². The van der Waals surface area contributed by atoms with Gasteiger partial charge in [0.1, 0.15) is 11.4 Å². The molecule has 0 N–H and O–H groups in total. The zero-order valence-corrected chi connectivity index (χ0v) is 8.77. The number of nitrogens with zero attached hydrogens (tertiary/aromatic N) is 5. The Morgan fingerprint density at radius 3 is 3.00 bits per heavy atom. The predicted molar refractivity (Wildman–Crippen MR) is 54.1 cm³/mol. The van der Waals surface area contributed by atoms with Gasteiger partial charge in [-0.3, -0.25) is 0 Å². The van der Waals surface area contributed by atoms with Gasteiger partial charge in [0.05, 0.1) is 11.6 Å². The molecule has 2 rings (SSSR count). The summed E-state index contributed by atoms with van der Waals surface area (Å²) in [6, 6.07) is 5.45. The molecule has 0 aliphatic rings. The fraction of sp³-hybridized carbons (Fsp3) is 0.111. The minimum atomic E-state index is 0.592. The lowest BCUT2D eigenvalue weighted by molar-refractivity contribution is 0.684.